The summed E-state index contributed by atoms with van der Waals surface area (Å²) in [6.07, 6.45) is 0.0627. The normalized spacial score (nSPS) is 12.5. The Bertz CT molecular complexity index is 219. The summed E-state index contributed by atoms with van der Waals surface area (Å²) in [6.45, 7) is 7.12. The minimum atomic E-state index is -0.836. The van der Waals surface area contributed by atoms with Crippen LogP contribution in [0.3, 0.4) is 0 Å². The maximum atomic E-state index is 11.3. The van der Waals surface area contributed by atoms with Crippen molar-refractivity contribution in [3.8, 4) is 0 Å². The predicted molar refractivity (Wildman–Crippen MR) is 57.6 cm³/mol. The number of carboxylic acid groups (broad SMARTS) is 1. The van der Waals surface area contributed by atoms with E-state index in [2.05, 4.69) is 5.32 Å². The maximum Gasteiger partial charge on any atom is 0.304 e. The number of aliphatic carboxylic acids is 1. The Kier molecular flexibility index (Phi) is 6.70. The van der Waals surface area contributed by atoms with Crippen LogP contribution >= 0.6 is 0 Å². The number of nitrogens with one attached hydrogen (secondary N) is 1. The molecule has 0 aromatic heterocycles. The van der Waals surface area contributed by atoms with E-state index in [-0.39, 0.29) is 24.9 Å². The van der Waals surface area contributed by atoms with Crippen molar-refractivity contribution in [2.75, 3.05) is 19.6 Å². The van der Waals surface area contributed by atoms with Crippen LogP contribution in [0.5, 0.6) is 0 Å². The van der Waals surface area contributed by atoms with Crippen molar-refractivity contribution in [3.05, 3.63) is 0 Å². The largest absolute Gasteiger partial charge is 0.481 e. The molecule has 0 radical (unpaired) electrons. The highest BCUT2D eigenvalue weighted by atomic mass is 16.4. The molecule has 88 valence electrons. The first kappa shape index (κ1) is 13.9. The number of carboxylic acids is 1. The third-order valence-electron chi connectivity index (χ3n) is 2.22. The lowest BCUT2D eigenvalue weighted by atomic mass is 10.2. The van der Waals surface area contributed by atoms with Gasteiger partial charge in [-0.15, -0.1) is 0 Å². The molecule has 0 aromatic carbocycles. The summed E-state index contributed by atoms with van der Waals surface area (Å²) in [5.74, 6) is -0.895. The van der Waals surface area contributed by atoms with Crippen LogP contribution in [0, 0.1) is 0 Å². The molecule has 5 nitrogen and oxygen atoms in total. The van der Waals surface area contributed by atoms with Crippen molar-refractivity contribution < 1.29 is 14.7 Å². The Morgan fingerprint density at radius 2 is 2.00 bits per heavy atom. The number of hydrogen-bond acceptors (Lipinski definition) is 3. The smallest absolute Gasteiger partial charge is 0.304 e. The van der Waals surface area contributed by atoms with Crippen molar-refractivity contribution in [1.82, 2.24) is 10.2 Å². The standard InChI is InChI=1S/C10H20N2O3/c1-4-11-9(13)7-12(5-2)8(3)6-10(14)15/h8H,4-7H2,1-3H3,(H,11,13)(H,14,15). The zero-order valence-corrected chi connectivity index (χ0v) is 9.62. The third kappa shape index (κ3) is 6.06. The highest BCUT2D eigenvalue weighted by molar-refractivity contribution is 5.78. The van der Waals surface area contributed by atoms with Crippen molar-refractivity contribution in [2.24, 2.45) is 0 Å². The molecule has 0 bridgehead atoms. The molecule has 0 heterocycles. The summed E-state index contributed by atoms with van der Waals surface area (Å²) in [7, 11) is 0. The van der Waals surface area contributed by atoms with E-state index in [1.54, 1.807) is 0 Å². The molecule has 0 saturated carbocycles. The second-order valence-electron chi connectivity index (χ2n) is 3.46. The Balaban J connectivity index is 4.11. The minimum absolute atomic E-state index is 0.0587. The van der Waals surface area contributed by atoms with E-state index in [1.165, 1.54) is 0 Å². The van der Waals surface area contributed by atoms with E-state index in [4.69, 9.17) is 5.11 Å². The van der Waals surface area contributed by atoms with Gasteiger partial charge in [0.15, 0.2) is 0 Å². The minimum Gasteiger partial charge on any atom is -0.481 e. The monoisotopic (exact) mass is 216 g/mol. The molecular formula is C10H20N2O3. The van der Waals surface area contributed by atoms with Gasteiger partial charge in [-0.2, -0.15) is 0 Å². The molecule has 0 aliphatic rings. The first-order valence-corrected chi connectivity index (χ1v) is 5.23. The summed E-state index contributed by atoms with van der Waals surface area (Å²) in [4.78, 5) is 23.7. The van der Waals surface area contributed by atoms with Gasteiger partial charge in [0, 0.05) is 12.6 Å². The molecule has 0 fully saturated rings. The Morgan fingerprint density at radius 3 is 2.40 bits per heavy atom. The molecule has 15 heavy (non-hydrogen) atoms. The Hall–Kier alpha value is -1.10. The predicted octanol–water partition coefficient (Wildman–Crippen LogP) is 0.308. The van der Waals surface area contributed by atoms with Crippen LogP contribution < -0.4 is 5.32 Å². The zero-order valence-electron chi connectivity index (χ0n) is 9.62. The van der Waals surface area contributed by atoms with Gasteiger partial charge in [-0.1, -0.05) is 6.92 Å². The third-order valence-corrected chi connectivity index (χ3v) is 2.22. The van der Waals surface area contributed by atoms with E-state index >= 15 is 0 Å². The maximum absolute atomic E-state index is 11.3. The molecule has 5 heteroatoms. The van der Waals surface area contributed by atoms with Gasteiger partial charge in [0.2, 0.25) is 5.91 Å². The fourth-order valence-corrected chi connectivity index (χ4v) is 1.40. The number of nitrogens with zero attached hydrogens (tertiary/aromatic N) is 1. The van der Waals surface area contributed by atoms with Crippen molar-refractivity contribution in [1.29, 1.82) is 0 Å². The summed E-state index contributed by atoms with van der Waals surface area (Å²) in [6, 6.07) is -0.116. The highest BCUT2D eigenvalue weighted by Gasteiger charge is 2.17. The lowest BCUT2D eigenvalue weighted by Crippen LogP contribution is -2.42. The number of carbonyl (C=O) groups is 2. The molecule has 1 amide bonds. The van der Waals surface area contributed by atoms with Gasteiger partial charge in [0.25, 0.3) is 0 Å². The average Bonchev–Trinajstić information content (AvgIpc) is 2.13. The highest BCUT2D eigenvalue weighted by Crippen LogP contribution is 2.02. The van der Waals surface area contributed by atoms with E-state index in [1.807, 2.05) is 25.7 Å². The number of hydrogen-bond donors (Lipinski definition) is 2. The van der Waals surface area contributed by atoms with E-state index in [0.29, 0.717) is 13.1 Å². The molecule has 2 N–H and O–H groups in total. The fourth-order valence-electron chi connectivity index (χ4n) is 1.40. The van der Waals surface area contributed by atoms with Crippen LogP contribution in [-0.2, 0) is 9.59 Å². The second kappa shape index (κ2) is 7.23. The average molecular weight is 216 g/mol. The van der Waals surface area contributed by atoms with Crippen molar-refractivity contribution >= 4 is 11.9 Å². The van der Waals surface area contributed by atoms with Crippen LogP contribution in [0.2, 0.25) is 0 Å². The van der Waals surface area contributed by atoms with Crippen LogP contribution in [-0.4, -0.2) is 47.6 Å². The number of rotatable bonds is 7. The number of amides is 1. The van der Waals surface area contributed by atoms with Gasteiger partial charge in [-0.3, -0.25) is 14.5 Å². The molecule has 0 aliphatic carbocycles. The second-order valence-corrected chi connectivity index (χ2v) is 3.46. The summed E-state index contributed by atoms with van der Waals surface area (Å²) in [5, 5.41) is 11.3. The quantitative estimate of drug-likeness (QED) is 0.642. The van der Waals surface area contributed by atoms with Gasteiger partial charge < -0.3 is 10.4 Å². The summed E-state index contributed by atoms with van der Waals surface area (Å²) >= 11 is 0. The molecule has 0 saturated heterocycles. The molecule has 0 rings (SSSR count). The molecule has 0 aromatic rings. The Labute approximate surface area is 90.5 Å². The topological polar surface area (TPSA) is 69.6 Å². The fraction of sp³-hybridized carbons (Fsp3) is 0.800. The summed E-state index contributed by atoms with van der Waals surface area (Å²) < 4.78 is 0. The van der Waals surface area contributed by atoms with Gasteiger partial charge in [-0.05, 0) is 20.4 Å². The van der Waals surface area contributed by atoms with Crippen LogP contribution in [0.25, 0.3) is 0 Å². The van der Waals surface area contributed by atoms with Crippen LogP contribution in [0.1, 0.15) is 27.2 Å². The number of carbonyl (C=O) groups excluding carboxylic acids is 1. The molecule has 1 atom stereocenters. The van der Waals surface area contributed by atoms with Crippen molar-refractivity contribution in [3.63, 3.8) is 0 Å². The molecular weight excluding hydrogens is 196 g/mol. The number of likely N-dealkylation sites (N-methyl/N-ethyl adjacent to an activating group) is 2. The van der Waals surface area contributed by atoms with Crippen LogP contribution in [0.15, 0.2) is 0 Å². The van der Waals surface area contributed by atoms with E-state index in [9.17, 15) is 9.59 Å². The van der Waals surface area contributed by atoms with Crippen LogP contribution in [0.4, 0.5) is 0 Å². The lowest BCUT2D eigenvalue weighted by Gasteiger charge is -2.25. The van der Waals surface area contributed by atoms with Gasteiger partial charge in [0.1, 0.15) is 0 Å². The molecule has 0 aliphatic heterocycles. The lowest BCUT2D eigenvalue weighted by molar-refractivity contribution is -0.138. The Morgan fingerprint density at radius 1 is 1.40 bits per heavy atom. The SMILES string of the molecule is CCNC(=O)CN(CC)C(C)CC(=O)O. The first-order valence-electron chi connectivity index (χ1n) is 5.23. The van der Waals surface area contributed by atoms with Crippen molar-refractivity contribution in [2.45, 2.75) is 33.2 Å². The van der Waals surface area contributed by atoms with Gasteiger partial charge in [-0.25, -0.2) is 0 Å². The van der Waals surface area contributed by atoms with Gasteiger partial charge >= 0.3 is 5.97 Å². The van der Waals surface area contributed by atoms with Gasteiger partial charge in [0.05, 0.1) is 13.0 Å². The van der Waals surface area contributed by atoms with E-state index in [0.717, 1.165) is 0 Å². The van der Waals surface area contributed by atoms with E-state index < -0.39 is 5.97 Å². The molecule has 1 unspecified atom stereocenters. The first-order chi connectivity index (χ1) is 7.01. The molecule has 0 spiro atoms. The zero-order chi connectivity index (χ0) is 11.8. The summed E-state index contributed by atoms with van der Waals surface area (Å²) in [5.41, 5.74) is 0.